The second kappa shape index (κ2) is 9.67. The molecule has 0 atom stereocenters. The highest BCUT2D eigenvalue weighted by atomic mass is 16.5. The Morgan fingerprint density at radius 2 is 1.72 bits per heavy atom. The predicted molar refractivity (Wildman–Crippen MR) is 100 cm³/mol. The molecule has 1 aliphatic rings. The molecular formula is C20H26N4O. The summed E-state index contributed by atoms with van der Waals surface area (Å²) in [5.41, 5.74) is 3.78. The van der Waals surface area contributed by atoms with Crippen molar-refractivity contribution in [2.45, 2.75) is 38.5 Å². The molecule has 25 heavy (non-hydrogen) atoms. The molecule has 0 aliphatic heterocycles. The highest BCUT2D eigenvalue weighted by molar-refractivity contribution is 5.49. The molecule has 2 aromatic heterocycles. The summed E-state index contributed by atoms with van der Waals surface area (Å²) in [4.78, 5) is 8.08. The third-order valence-electron chi connectivity index (χ3n) is 4.28. The fourth-order valence-corrected chi connectivity index (χ4v) is 2.76. The SMILES string of the molecule is c1cncc(OCCCCCCNC2=C(Nc3ccncc3)CC2)c1. The fraction of sp³-hybridized carbons (Fsp3) is 0.400. The van der Waals surface area contributed by atoms with Crippen molar-refractivity contribution in [1.82, 2.24) is 15.3 Å². The lowest BCUT2D eigenvalue weighted by Crippen LogP contribution is -2.25. The van der Waals surface area contributed by atoms with Crippen molar-refractivity contribution in [2.24, 2.45) is 0 Å². The van der Waals surface area contributed by atoms with Gasteiger partial charge in [-0.3, -0.25) is 9.97 Å². The molecule has 5 nitrogen and oxygen atoms in total. The average Bonchev–Trinajstić information content (AvgIpc) is 2.65. The van der Waals surface area contributed by atoms with Gasteiger partial charge < -0.3 is 15.4 Å². The van der Waals surface area contributed by atoms with Gasteiger partial charge in [-0.15, -0.1) is 0 Å². The number of pyridine rings is 2. The van der Waals surface area contributed by atoms with E-state index in [1.54, 1.807) is 12.4 Å². The van der Waals surface area contributed by atoms with Gasteiger partial charge in [0.15, 0.2) is 0 Å². The van der Waals surface area contributed by atoms with Crippen LogP contribution in [0, 0.1) is 0 Å². The first-order valence-corrected chi connectivity index (χ1v) is 9.07. The van der Waals surface area contributed by atoms with Crippen LogP contribution in [0.5, 0.6) is 5.75 Å². The van der Waals surface area contributed by atoms with Crippen LogP contribution < -0.4 is 15.4 Å². The Morgan fingerprint density at radius 1 is 0.880 bits per heavy atom. The molecule has 3 rings (SSSR count). The molecule has 132 valence electrons. The molecule has 0 amide bonds. The van der Waals surface area contributed by atoms with Crippen molar-refractivity contribution < 1.29 is 4.74 Å². The van der Waals surface area contributed by atoms with Gasteiger partial charge in [0.1, 0.15) is 5.75 Å². The van der Waals surface area contributed by atoms with E-state index in [4.69, 9.17) is 4.74 Å². The van der Waals surface area contributed by atoms with Gasteiger partial charge in [0.2, 0.25) is 0 Å². The molecule has 0 aromatic carbocycles. The van der Waals surface area contributed by atoms with E-state index in [2.05, 4.69) is 20.6 Å². The first-order valence-electron chi connectivity index (χ1n) is 9.07. The van der Waals surface area contributed by atoms with E-state index < -0.39 is 0 Å². The van der Waals surface area contributed by atoms with Crippen molar-refractivity contribution in [1.29, 1.82) is 0 Å². The minimum absolute atomic E-state index is 0.768. The number of unbranched alkanes of at least 4 members (excludes halogenated alkanes) is 3. The van der Waals surface area contributed by atoms with Gasteiger partial charge in [0.05, 0.1) is 12.8 Å². The zero-order valence-electron chi connectivity index (χ0n) is 14.6. The summed E-state index contributed by atoms with van der Waals surface area (Å²) in [5.74, 6) is 0.857. The summed E-state index contributed by atoms with van der Waals surface area (Å²) < 4.78 is 5.65. The zero-order valence-corrected chi connectivity index (χ0v) is 14.6. The van der Waals surface area contributed by atoms with Crippen molar-refractivity contribution in [3.63, 3.8) is 0 Å². The number of anilines is 1. The molecule has 0 fully saturated rings. The monoisotopic (exact) mass is 338 g/mol. The number of ether oxygens (including phenoxy) is 1. The molecule has 0 unspecified atom stereocenters. The van der Waals surface area contributed by atoms with Gasteiger partial charge in [-0.1, -0.05) is 12.8 Å². The van der Waals surface area contributed by atoms with E-state index in [0.29, 0.717) is 0 Å². The molecular weight excluding hydrogens is 312 g/mol. The lowest BCUT2D eigenvalue weighted by Gasteiger charge is -2.26. The van der Waals surface area contributed by atoms with Crippen molar-refractivity contribution in [2.75, 3.05) is 18.5 Å². The van der Waals surface area contributed by atoms with E-state index in [1.165, 1.54) is 30.7 Å². The predicted octanol–water partition coefficient (Wildman–Crippen LogP) is 4.12. The second-order valence-corrected chi connectivity index (χ2v) is 6.20. The van der Waals surface area contributed by atoms with Crippen LogP contribution in [-0.2, 0) is 0 Å². The van der Waals surface area contributed by atoms with Crippen molar-refractivity contribution in [3.8, 4) is 5.75 Å². The van der Waals surface area contributed by atoms with Gasteiger partial charge in [0, 0.05) is 42.2 Å². The first-order chi connectivity index (χ1) is 12.4. The zero-order chi connectivity index (χ0) is 17.2. The molecule has 0 saturated carbocycles. The molecule has 1 aliphatic carbocycles. The van der Waals surface area contributed by atoms with Gasteiger partial charge in [-0.25, -0.2) is 0 Å². The van der Waals surface area contributed by atoms with Crippen LogP contribution in [0.4, 0.5) is 5.69 Å². The number of hydrogen-bond donors (Lipinski definition) is 2. The summed E-state index contributed by atoms with van der Waals surface area (Å²) in [6.45, 7) is 1.81. The third kappa shape index (κ3) is 5.78. The van der Waals surface area contributed by atoms with Gasteiger partial charge in [0.25, 0.3) is 0 Å². The van der Waals surface area contributed by atoms with E-state index in [9.17, 15) is 0 Å². The highest BCUT2D eigenvalue weighted by Crippen LogP contribution is 2.26. The Labute approximate surface area is 149 Å². The standard InChI is InChI=1S/C20H26N4O/c1(2-4-15-25-18-6-5-11-22-16-18)3-12-23-19-7-8-20(19)24-17-9-13-21-14-10-17/h5-6,9-11,13-14,16,23H,1-4,7-8,12,15H2,(H,21,24). The fourth-order valence-electron chi connectivity index (χ4n) is 2.76. The van der Waals surface area contributed by atoms with Crippen LogP contribution in [0.2, 0.25) is 0 Å². The lowest BCUT2D eigenvalue weighted by molar-refractivity contribution is 0.303. The van der Waals surface area contributed by atoms with Crippen LogP contribution in [0.3, 0.4) is 0 Å². The van der Waals surface area contributed by atoms with E-state index in [0.717, 1.165) is 43.9 Å². The Kier molecular flexibility index (Phi) is 6.68. The Bertz CT molecular complexity index is 658. The van der Waals surface area contributed by atoms with Crippen LogP contribution >= 0.6 is 0 Å². The smallest absolute Gasteiger partial charge is 0.137 e. The number of nitrogens with one attached hydrogen (secondary N) is 2. The summed E-state index contributed by atoms with van der Waals surface area (Å²) in [6.07, 6.45) is 14.1. The average molecular weight is 338 g/mol. The summed E-state index contributed by atoms with van der Waals surface area (Å²) in [5, 5.41) is 7.04. The van der Waals surface area contributed by atoms with Crippen molar-refractivity contribution >= 4 is 5.69 Å². The van der Waals surface area contributed by atoms with Crippen LogP contribution in [0.1, 0.15) is 38.5 Å². The summed E-state index contributed by atoms with van der Waals surface area (Å²) in [6, 6.07) is 7.84. The largest absolute Gasteiger partial charge is 0.492 e. The normalized spacial score (nSPS) is 13.3. The van der Waals surface area contributed by atoms with Crippen LogP contribution in [-0.4, -0.2) is 23.1 Å². The molecule has 2 N–H and O–H groups in total. The minimum atomic E-state index is 0.768. The number of hydrogen-bond acceptors (Lipinski definition) is 5. The Morgan fingerprint density at radius 3 is 2.48 bits per heavy atom. The Balaban J connectivity index is 1.23. The molecule has 5 heteroatoms. The highest BCUT2D eigenvalue weighted by Gasteiger charge is 2.16. The first kappa shape index (κ1) is 17.3. The van der Waals surface area contributed by atoms with Crippen LogP contribution in [0.25, 0.3) is 0 Å². The van der Waals surface area contributed by atoms with E-state index in [1.807, 2.05) is 36.7 Å². The van der Waals surface area contributed by atoms with Gasteiger partial charge in [-0.05, 0) is 49.9 Å². The molecule has 0 radical (unpaired) electrons. The van der Waals surface area contributed by atoms with Crippen LogP contribution in [0.15, 0.2) is 60.4 Å². The van der Waals surface area contributed by atoms with Gasteiger partial charge >= 0.3 is 0 Å². The van der Waals surface area contributed by atoms with E-state index >= 15 is 0 Å². The summed E-state index contributed by atoms with van der Waals surface area (Å²) >= 11 is 0. The second-order valence-electron chi connectivity index (χ2n) is 6.20. The molecule has 2 heterocycles. The lowest BCUT2D eigenvalue weighted by atomic mass is 10.0. The maximum atomic E-state index is 5.65. The molecule has 2 aromatic rings. The number of allylic oxidation sites excluding steroid dienone is 2. The third-order valence-corrected chi connectivity index (χ3v) is 4.28. The number of aromatic nitrogens is 2. The minimum Gasteiger partial charge on any atom is -0.492 e. The maximum Gasteiger partial charge on any atom is 0.137 e. The number of rotatable bonds is 11. The quantitative estimate of drug-likeness (QED) is 0.604. The molecule has 0 saturated heterocycles. The van der Waals surface area contributed by atoms with Crippen molar-refractivity contribution in [3.05, 3.63) is 60.4 Å². The van der Waals surface area contributed by atoms with Gasteiger partial charge in [-0.2, -0.15) is 0 Å². The summed E-state index contributed by atoms with van der Waals surface area (Å²) in [7, 11) is 0. The molecule has 0 bridgehead atoms. The molecule has 0 spiro atoms. The Hall–Kier alpha value is -2.56. The topological polar surface area (TPSA) is 59.1 Å². The van der Waals surface area contributed by atoms with E-state index in [-0.39, 0.29) is 0 Å². The maximum absolute atomic E-state index is 5.65. The number of nitrogens with zero attached hydrogens (tertiary/aromatic N) is 2.